The third kappa shape index (κ3) is 4.82. The number of benzene rings is 1. The second-order valence-corrected chi connectivity index (χ2v) is 5.27. The van der Waals surface area contributed by atoms with Crippen molar-refractivity contribution in [1.82, 2.24) is 0 Å². The Kier molecular flexibility index (Phi) is 5.61. The number of rotatable bonds is 6. The van der Waals surface area contributed by atoms with Crippen LogP contribution in [0.3, 0.4) is 0 Å². The minimum atomic E-state index is 0.790. The Labute approximate surface area is 129 Å². The van der Waals surface area contributed by atoms with Crippen molar-refractivity contribution in [1.29, 1.82) is 0 Å². The molecule has 0 aliphatic heterocycles. The lowest BCUT2D eigenvalue weighted by molar-refractivity contribution is 1.43. The van der Waals surface area contributed by atoms with Crippen molar-refractivity contribution >= 4 is 29.5 Å². The van der Waals surface area contributed by atoms with Gasteiger partial charge in [-0.15, -0.1) is 11.3 Å². The normalized spacial score (nSPS) is 12.1. The molecule has 1 aromatic carbocycles. The van der Waals surface area contributed by atoms with Crippen LogP contribution in [0.5, 0.6) is 0 Å². The third-order valence-electron chi connectivity index (χ3n) is 2.58. The SMILES string of the molecule is C=C/C=C(\C=C)N=Cc1ccc(C=Nc2ccccc2)s1. The summed E-state index contributed by atoms with van der Waals surface area (Å²) < 4.78 is 0. The number of aliphatic imine (C=N–C) groups is 2. The predicted molar refractivity (Wildman–Crippen MR) is 94.1 cm³/mol. The Hall–Kier alpha value is -2.52. The zero-order valence-corrected chi connectivity index (χ0v) is 12.5. The molecule has 0 spiro atoms. The highest BCUT2D eigenvalue weighted by atomic mass is 32.1. The van der Waals surface area contributed by atoms with E-state index in [1.165, 1.54) is 0 Å². The van der Waals surface area contributed by atoms with Crippen LogP contribution in [0, 0.1) is 0 Å². The first-order valence-electron chi connectivity index (χ1n) is 6.50. The standard InChI is InChI=1S/C18H16N2S/c1-3-8-15(4-2)19-13-17-11-12-18(21-17)14-20-16-9-6-5-7-10-16/h3-14H,1-2H2/b15-8+,19-13?,20-14?. The van der Waals surface area contributed by atoms with Gasteiger partial charge in [0.2, 0.25) is 0 Å². The summed E-state index contributed by atoms with van der Waals surface area (Å²) in [6.45, 7) is 7.36. The lowest BCUT2D eigenvalue weighted by atomic mass is 10.3. The zero-order chi connectivity index (χ0) is 14.9. The fourth-order valence-electron chi connectivity index (χ4n) is 1.58. The Morgan fingerprint density at radius 1 is 0.952 bits per heavy atom. The zero-order valence-electron chi connectivity index (χ0n) is 11.6. The van der Waals surface area contributed by atoms with Crippen molar-refractivity contribution in [2.45, 2.75) is 0 Å². The molecule has 0 unspecified atom stereocenters. The van der Waals surface area contributed by atoms with Gasteiger partial charge in [-0.25, -0.2) is 0 Å². The molecule has 1 aromatic heterocycles. The van der Waals surface area contributed by atoms with E-state index < -0.39 is 0 Å². The van der Waals surface area contributed by atoms with Gasteiger partial charge in [-0.2, -0.15) is 0 Å². The predicted octanol–water partition coefficient (Wildman–Crippen LogP) is 5.17. The number of thiophene rings is 1. The fourth-order valence-corrected chi connectivity index (χ4v) is 2.34. The summed E-state index contributed by atoms with van der Waals surface area (Å²) in [5, 5.41) is 0. The molecule has 1 heterocycles. The van der Waals surface area contributed by atoms with Gasteiger partial charge in [0.05, 0.1) is 11.4 Å². The monoisotopic (exact) mass is 292 g/mol. The second kappa shape index (κ2) is 7.92. The minimum Gasteiger partial charge on any atom is -0.255 e. The Bertz CT molecular complexity index is 691. The van der Waals surface area contributed by atoms with Crippen LogP contribution >= 0.6 is 11.3 Å². The van der Waals surface area contributed by atoms with Gasteiger partial charge in [0, 0.05) is 22.2 Å². The Morgan fingerprint density at radius 2 is 1.67 bits per heavy atom. The van der Waals surface area contributed by atoms with Gasteiger partial charge < -0.3 is 0 Å². The molecule has 0 aliphatic carbocycles. The van der Waals surface area contributed by atoms with Crippen molar-refractivity contribution in [3.8, 4) is 0 Å². The summed E-state index contributed by atoms with van der Waals surface area (Å²) in [6.07, 6.45) is 8.89. The van der Waals surface area contributed by atoms with Crippen LogP contribution in [0.1, 0.15) is 9.75 Å². The van der Waals surface area contributed by atoms with Gasteiger partial charge >= 0.3 is 0 Å². The molecule has 2 aromatic rings. The summed E-state index contributed by atoms with van der Waals surface area (Å²) in [6, 6.07) is 13.9. The highest BCUT2D eigenvalue weighted by Crippen LogP contribution is 2.15. The van der Waals surface area contributed by atoms with Gasteiger partial charge in [0.15, 0.2) is 0 Å². The van der Waals surface area contributed by atoms with Crippen molar-refractivity contribution in [3.05, 3.63) is 89.3 Å². The van der Waals surface area contributed by atoms with E-state index in [9.17, 15) is 0 Å². The van der Waals surface area contributed by atoms with E-state index >= 15 is 0 Å². The molecule has 0 bridgehead atoms. The van der Waals surface area contributed by atoms with E-state index in [0.717, 1.165) is 21.1 Å². The summed E-state index contributed by atoms with van der Waals surface area (Å²) in [5.74, 6) is 0. The lowest BCUT2D eigenvalue weighted by Crippen LogP contribution is -1.75. The third-order valence-corrected chi connectivity index (χ3v) is 3.54. The van der Waals surface area contributed by atoms with Gasteiger partial charge in [0.1, 0.15) is 0 Å². The van der Waals surface area contributed by atoms with Crippen LogP contribution < -0.4 is 0 Å². The quantitative estimate of drug-likeness (QED) is 0.518. The number of nitrogens with zero attached hydrogens (tertiary/aromatic N) is 2. The molecule has 0 radical (unpaired) electrons. The van der Waals surface area contributed by atoms with E-state index in [2.05, 4.69) is 23.1 Å². The summed E-state index contributed by atoms with van der Waals surface area (Å²) in [4.78, 5) is 10.9. The molecule has 0 N–H and O–H groups in total. The first-order chi connectivity index (χ1) is 10.3. The van der Waals surface area contributed by atoms with Crippen molar-refractivity contribution in [3.63, 3.8) is 0 Å². The van der Waals surface area contributed by atoms with Crippen molar-refractivity contribution < 1.29 is 0 Å². The Balaban J connectivity index is 2.06. The average molecular weight is 292 g/mol. The highest BCUT2D eigenvalue weighted by Gasteiger charge is 1.95. The minimum absolute atomic E-state index is 0.790. The number of hydrogen-bond acceptors (Lipinski definition) is 3. The number of allylic oxidation sites excluding steroid dienone is 3. The molecule has 104 valence electrons. The van der Waals surface area contributed by atoms with Crippen LogP contribution in [0.15, 0.2) is 89.5 Å². The molecule has 0 fully saturated rings. The summed E-state index contributed by atoms with van der Waals surface area (Å²) in [5.41, 5.74) is 1.74. The first kappa shape index (κ1) is 14.9. The fraction of sp³-hybridized carbons (Fsp3) is 0. The van der Waals surface area contributed by atoms with Gasteiger partial charge in [0.25, 0.3) is 0 Å². The molecule has 0 aliphatic rings. The van der Waals surface area contributed by atoms with Crippen molar-refractivity contribution in [2.75, 3.05) is 0 Å². The van der Waals surface area contributed by atoms with Gasteiger partial charge in [-0.3, -0.25) is 9.98 Å². The second-order valence-electron chi connectivity index (χ2n) is 4.12. The van der Waals surface area contributed by atoms with E-state index in [0.29, 0.717) is 0 Å². The summed E-state index contributed by atoms with van der Waals surface area (Å²) >= 11 is 1.64. The number of para-hydroxylation sites is 1. The van der Waals surface area contributed by atoms with Crippen LogP contribution in [-0.2, 0) is 0 Å². The molecule has 0 amide bonds. The van der Waals surface area contributed by atoms with Crippen LogP contribution in [0.4, 0.5) is 5.69 Å². The maximum atomic E-state index is 4.43. The number of hydrogen-bond donors (Lipinski definition) is 0. The van der Waals surface area contributed by atoms with E-state index in [1.807, 2.05) is 61.0 Å². The molecule has 0 atom stereocenters. The molecule has 2 nitrogen and oxygen atoms in total. The maximum absolute atomic E-state index is 4.43. The molecule has 0 saturated carbocycles. The maximum Gasteiger partial charge on any atom is 0.0630 e. The van der Waals surface area contributed by atoms with Gasteiger partial charge in [-0.05, 0) is 36.4 Å². The van der Waals surface area contributed by atoms with E-state index in [4.69, 9.17) is 0 Å². The molecule has 21 heavy (non-hydrogen) atoms. The van der Waals surface area contributed by atoms with E-state index in [-0.39, 0.29) is 0 Å². The van der Waals surface area contributed by atoms with E-state index in [1.54, 1.807) is 23.5 Å². The van der Waals surface area contributed by atoms with Gasteiger partial charge in [-0.1, -0.05) is 37.4 Å². The van der Waals surface area contributed by atoms with Crippen molar-refractivity contribution in [2.24, 2.45) is 9.98 Å². The topological polar surface area (TPSA) is 24.7 Å². The van der Waals surface area contributed by atoms with Crippen LogP contribution in [-0.4, -0.2) is 12.4 Å². The lowest BCUT2D eigenvalue weighted by Gasteiger charge is -1.90. The van der Waals surface area contributed by atoms with Crippen LogP contribution in [0.2, 0.25) is 0 Å². The highest BCUT2D eigenvalue weighted by molar-refractivity contribution is 7.15. The first-order valence-corrected chi connectivity index (χ1v) is 7.31. The largest absolute Gasteiger partial charge is 0.255 e. The smallest absolute Gasteiger partial charge is 0.0630 e. The van der Waals surface area contributed by atoms with Crippen LogP contribution in [0.25, 0.3) is 0 Å². The molecular weight excluding hydrogens is 276 g/mol. The Morgan fingerprint density at radius 3 is 2.33 bits per heavy atom. The molecule has 2 rings (SSSR count). The molecule has 0 saturated heterocycles. The molecular formula is C18H16N2S. The summed E-state index contributed by atoms with van der Waals surface area (Å²) in [7, 11) is 0. The molecule has 3 heteroatoms. The average Bonchev–Trinajstić information content (AvgIpc) is 2.98.